The van der Waals surface area contributed by atoms with Gasteiger partial charge in [-0.2, -0.15) is 0 Å². The average molecular weight is 329 g/mol. The highest BCUT2D eigenvalue weighted by Gasteiger charge is 2.59. The summed E-state index contributed by atoms with van der Waals surface area (Å²) in [6, 6.07) is -0.119. The van der Waals surface area contributed by atoms with Crippen molar-refractivity contribution in [1.82, 2.24) is 0 Å². The molecule has 0 heterocycles. The molecule has 0 radical (unpaired) electrons. The van der Waals surface area contributed by atoms with Crippen LogP contribution in [0.3, 0.4) is 0 Å². The van der Waals surface area contributed by atoms with Gasteiger partial charge in [0.25, 0.3) is 5.08 Å². The monoisotopic (exact) mass is 329 g/mol. The first kappa shape index (κ1) is 16.6. The molecule has 8 nitrogen and oxygen atoms in total. The predicted molar refractivity (Wildman–Crippen MR) is 70.6 cm³/mol. The Morgan fingerprint density at radius 3 is 1.95 bits per heavy atom. The standard InChI is InChI=1S/C10H21NO7P2/c11-9-7-2-1-6(5-7)8(9)3-4-10(12,19(13,14)15)20(16,17)18/h6-9,12H,1-5,11H2,(H2,13,14,15)(H2,16,17,18). The Bertz CT molecular complexity index is 448. The first-order valence-electron chi connectivity index (χ1n) is 6.56. The Hall–Kier alpha value is 0.220. The minimum atomic E-state index is -5.35. The van der Waals surface area contributed by atoms with Crippen molar-refractivity contribution in [3.63, 3.8) is 0 Å². The average Bonchev–Trinajstić information content (AvgIpc) is 2.84. The number of fused-ring (bicyclic) bond motifs is 2. The molecule has 7 N–H and O–H groups in total. The molecular formula is C10H21NO7P2. The first-order chi connectivity index (χ1) is 8.97. The largest absolute Gasteiger partial charge is 0.369 e. The highest BCUT2D eigenvalue weighted by atomic mass is 31.2. The van der Waals surface area contributed by atoms with E-state index in [1.807, 2.05) is 0 Å². The lowest BCUT2D eigenvalue weighted by molar-refractivity contribution is 0.109. The number of hydrogen-bond donors (Lipinski definition) is 6. The van der Waals surface area contributed by atoms with Crippen LogP contribution in [-0.4, -0.2) is 35.8 Å². The van der Waals surface area contributed by atoms with Crippen molar-refractivity contribution in [2.75, 3.05) is 0 Å². The maximum absolute atomic E-state index is 11.3. The second-order valence-corrected chi connectivity index (χ2v) is 9.98. The van der Waals surface area contributed by atoms with E-state index in [2.05, 4.69) is 0 Å². The topological polar surface area (TPSA) is 161 Å². The van der Waals surface area contributed by atoms with E-state index in [4.69, 9.17) is 25.3 Å². The molecule has 0 saturated heterocycles. The summed E-state index contributed by atoms with van der Waals surface area (Å²) in [5, 5.41) is 6.53. The summed E-state index contributed by atoms with van der Waals surface area (Å²) in [6.45, 7) is 0. The van der Waals surface area contributed by atoms with Crippen LogP contribution in [0, 0.1) is 17.8 Å². The van der Waals surface area contributed by atoms with Crippen molar-refractivity contribution >= 4 is 15.2 Å². The molecule has 118 valence electrons. The predicted octanol–water partition coefficient (Wildman–Crippen LogP) is 0.141. The molecule has 0 aromatic heterocycles. The molecule has 2 saturated carbocycles. The Morgan fingerprint density at radius 1 is 1.05 bits per heavy atom. The Balaban J connectivity index is 2.11. The zero-order chi connectivity index (χ0) is 15.3. The van der Waals surface area contributed by atoms with E-state index in [0.29, 0.717) is 11.8 Å². The van der Waals surface area contributed by atoms with E-state index in [9.17, 15) is 14.2 Å². The van der Waals surface area contributed by atoms with Gasteiger partial charge in [0.1, 0.15) is 0 Å². The smallest absolute Gasteiger partial charge is 0.368 e. The lowest BCUT2D eigenvalue weighted by atomic mass is 9.82. The second-order valence-electron chi connectivity index (χ2n) is 5.98. The zero-order valence-corrected chi connectivity index (χ0v) is 12.7. The fourth-order valence-electron chi connectivity index (χ4n) is 3.70. The van der Waals surface area contributed by atoms with E-state index < -0.39 is 26.7 Å². The second kappa shape index (κ2) is 5.14. The number of nitrogens with two attached hydrogens (primary N) is 1. The Labute approximate surface area is 116 Å². The third-order valence-corrected chi connectivity index (χ3v) is 8.78. The van der Waals surface area contributed by atoms with Gasteiger partial charge < -0.3 is 30.4 Å². The van der Waals surface area contributed by atoms with Gasteiger partial charge in [0.05, 0.1) is 0 Å². The summed E-state index contributed by atoms with van der Waals surface area (Å²) in [6.07, 6.45) is 2.42. The van der Waals surface area contributed by atoms with Gasteiger partial charge in [-0.05, 0) is 43.4 Å². The van der Waals surface area contributed by atoms with Gasteiger partial charge in [0.2, 0.25) is 0 Å². The molecule has 4 atom stereocenters. The van der Waals surface area contributed by atoms with E-state index in [1.54, 1.807) is 0 Å². The van der Waals surface area contributed by atoms with Crippen molar-refractivity contribution in [3.05, 3.63) is 0 Å². The Kier molecular flexibility index (Phi) is 4.27. The van der Waals surface area contributed by atoms with Gasteiger partial charge in [-0.15, -0.1) is 0 Å². The molecule has 0 aromatic carbocycles. The highest BCUT2D eigenvalue weighted by Crippen LogP contribution is 2.69. The molecule has 20 heavy (non-hydrogen) atoms. The van der Waals surface area contributed by atoms with E-state index >= 15 is 0 Å². The minimum Gasteiger partial charge on any atom is -0.368 e. The van der Waals surface area contributed by atoms with Crippen molar-refractivity contribution in [2.45, 2.75) is 43.2 Å². The molecule has 4 unspecified atom stereocenters. The molecule has 10 heteroatoms. The van der Waals surface area contributed by atoms with Crippen LogP contribution in [0.2, 0.25) is 0 Å². The van der Waals surface area contributed by atoms with Crippen LogP contribution >= 0.6 is 15.2 Å². The van der Waals surface area contributed by atoms with E-state index in [-0.39, 0.29) is 18.4 Å². The zero-order valence-electron chi connectivity index (χ0n) is 10.9. The number of aliphatic hydroxyl groups is 1. The maximum Gasteiger partial charge on any atom is 0.369 e. The van der Waals surface area contributed by atoms with Crippen LogP contribution in [0.5, 0.6) is 0 Å². The maximum atomic E-state index is 11.3. The van der Waals surface area contributed by atoms with Crippen LogP contribution in [0.25, 0.3) is 0 Å². The fraction of sp³-hybridized carbons (Fsp3) is 1.00. The van der Waals surface area contributed by atoms with Crippen molar-refractivity contribution in [3.8, 4) is 0 Å². The van der Waals surface area contributed by atoms with Crippen molar-refractivity contribution in [1.29, 1.82) is 0 Å². The summed E-state index contributed by atoms with van der Waals surface area (Å²) < 4.78 is 22.5. The van der Waals surface area contributed by atoms with Crippen LogP contribution in [0.15, 0.2) is 0 Å². The van der Waals surface area contributed by atoms with Crippen LogP contribution < -0.4 is 5.73 Å². The summed E-state index contributed by atoms with van der Waals surface area (Å²) in [7, 11) is -10.7. The van der Waals surface area contributed by atoms with Crippen LogP contribution in [-0.2, 0) is 9.13 Å². The summed E-state index contributed by atoms with van der Waals surface area (Å²) >= 11 is 0. The molecule has 0 aromatic rings. The van der Waals surface area contributed by atoms with Crippen LogP contribution in [0.1, 0.15) is 32.1 Å². The molecule has 2 rings (SSSR count). The quantitative estimate of drug-likeness (QED) is 0.388. The van der Waals surface area contributed by atoms with Gasteiger partial charge in [-0.3, -0.25) is 9.13 Å². The third kappa shape index (κ3) is 2.64. The van der Waals surface area contributed by atoms with Crippen molar-refractivity contribution < 1.29 is 33.8 Å². The summed E-state index contributed by atoms with van der Waals surface area (Å²) in [5.41, 5.74) is 6.04. The SMILES string of the molecule is NC1C2CCC(C2)C1CCC(O)(P(=O)(O)O)P(=O)(O)O. The lowest BCUT2D eigenvalue weighted by Crippen LogP contribution is -2.37. The summed E-state index contributed by atoms with van der Waals surface area (Å²) in [4.78, 5) is 36.3. The molecule has 2 aliphatic rings. The molecule has 2 aliphatic carbocycles. The number of rotatable bonds is 5. The van der Waals surface area contributed by atoms with Gasteiger partial charge in [-0.1, -0.05) is 0 Å². The van der Waals surface area contributed by atoms with E-state index in [0.717, 1.165) is 19.3 Å². The van der Waals surface area contributed by atoms with Gasteiger partial charge in [0.15, 0.2) is 0 Å². The molecule has 0 spiro atoms. The fourth-order valence-corrected chi connectivity index (χ4v) is 5.90. The molecule has 2 bridgehead atoms. The van der Waals surface area contributed by atoms with Gasteiger partial charge in [0, 0.05) is 12.5 Å². The molecular weight excluding hydrogens is 308 g/mol. The van der Waals surface area contributed by atoms with Gasteiger partial charge >= 0.3 is 15.2 Å². The molecule has 0 aliphatic heterocycles. The lowest BCUT2D eigenvalue weighted by Gasteiger charge is -2.33. The normalized spacial score (nSPS) is 34.7. The minimum absolute atomic E-state index is 0.0432. The first-order valence-corrected chi connectivity index (χ1v) is 9.79. The Morgan fingerprint density at radius 2 is 1.55 bits per heavy atom. The molecule has 0 amide bonds. The number of hydrogen-bond acceptors (Lipinski definition) is 4. The van der Waals surface area contributed by atoms with E-state index in [1.165, 1.54) is 0 Å². The van der Waals surface area contributed by atoms with Crippen molar-refractivity contribution in [2.24, 2.45) is 23.5 Å². The van der Waals surface area contributed by atoms with Gasteiger partial charge in [-0.25, -0.2) is 0 Å². The third-order valence-electron chi connectivity index (χ3n) is 4.90. The molecule has 2 fully saturated rings. The van der Waals surface area contributed by atoms with Crippen LogP contribution in [0.4, 0.5) is 0 Å². The highest BCUT2D eigenvalue weighted by molar-refractivity contribution is 7.72. The summed E-state index contributed by atoms with van der Waals surface area (Å²) in [5.74, 6) is 0.661.